The van der Waals surface area contributed by atoms with Crippen LogP contribution in [-0.4, -0.2) is 63.2 Å². The SMILES string of the molecule is O=C(O)CSC/C=C/CC1C(=O)NC(=O)N1CCC(O)C1CCCCC1. The van der Waals surface area contributed by atoms with Crippen LogP contribution in [0.15, 0.2) is 12.2 Å². The highest BCUT2D eigenvalue weighted by atomic mass is 32.2. The topological polar surface area (TPSA) is 107 Å². The number of carboxylic acids is 1. The van der Waals surface area contributed by atoms with Crippen molar-refractivity contribution in [3.63, 3.8) is 0 Å². The highest BCUT2D eigenvalue weighted by Crippen LogP contribution is 2.28. The Labute approximate surface area is 158 Å². The Morgan fingerprint density at radius 2 is 2.00 bits per heavy atom. The number of aliphatic hydroxyl groups excluding tert-OH is 1. The molecule has 26 heavy (non-hydrogen) atoms. The number of carbonyl (C=O) groups excluding carboxylic acids is 2. The maximum Gasteiger partial charge on any atom is 0.324 e. The number of hydrogen-bond acceptors (Lipinski definition) is 5. The lowest BCUT2D eigenvalue weighted by atomic mass is 9.84. The van der Waals surface area contributed by atoms with E-state index in [4.69, 9.17) is 5.11 Å². The first-order valence-corrected chi connectivity index (χ1v) is 10.4. The van der Waals surface area contributed by atoms with Gasteiger partial charge in [-0.25, -0.2) is 4.79 Å². The third-order valence-electron chi connectivity index (χ3n) is 5.00. The summed E-state index contributed by atoms with van der Waals surface area (Å²) in [5.41, 5.74) is 0. The van der Waals surface area contributed by atoms with Crippen molar-refractivity contribution in [2.24, 2.45) is 5.92 Å². The molecule has 1 saturated carbocycles. The van der Waals surface area contributed by atoms with Crippen molar-refractivity contribution < 1.29 is 24.6 Å². The van der Waals surface area contributed by atoms with Crippen LogP contribution in [0.5, 0.6) is 0 Å². The first-order chi connectivity index (χ1) is 12.5. The number of aliphatic hydroxyl groups is 1. The molecule has 1 heterocycles. The van der Waals surface area contributed by atoms with Gasteiger partial charge in [-0.3, -0.25) is 14.9 Å². The molecule has 2 fully saturated rings. The van der Waals surface area contributed by atoms with Crippen molar-refractivity contribution in [3.05, 3.63) is 12.2 Å². The summed E-state index contributed by atoms with van der Waals surface area (Å²) in [5.74, 6) is -0.279. The molecule has 146 valence electrons. The Kier molecular flexibility index (Phi) is 8.44. The van der Waals surface area contributed by atoms with Crippen molar-refractivity contribution in [2.75, 3.05) is 18.1 Å². The van der Waals surface area contributed by atoms with Crippen LogP contribution >= 0.6 is 11.8 Å². The Morgan fingerprint density at radius 3 is 2.69 bits per heavy atom. The van der Waals surface area contributed by atoms with Gasteiger partial charge in [0, 0.05) is 12.3 Å². The third-order valence-corrected chi connectivity index (χ3v) is 5.87. The van der Waals surface area contributed by atoms with E-state index in [1.807, 2.05) is 12.2 Å². The predicted octanol–water partition coefficient (Wildman–Crippen LogP) is 2.00. The van der Waals surface area contributed by atoms with E-state index in [9.17, 15) is 19.5 Å². The quantitative estimate of drug-likeness (QED) is 0.302. The van der Waals surface area contributed by atoms with Crippen LogP contribution in [0.4, 0.5) is 4.79 Å². The second-order valence-electron chi connectivity index (χ2n) is 6.87. The maximum atomic E-state index is 12.0. The third kappa shape index (κ3) is 6.32. The van der Waals surface area contributed by atoms with E-state index >= 15 is 0 Å². The molecule has 0 spiro atoms. The maximum absolute atomic E-state index is 12.0. The van der Waals surface area contributed by atoms with Crippen LogP contribution in [0.25, 0.3) is 0 Å². The Balaban J connectivity index is 1.78. The highest BCUT2D eigenvalue weighted by Gasteiger charge is 2.37. The van der Waals surface area contributed by atoms with Crippen molar-refractivity contribution in [3.8, 4) is 0 Å². The molecule has 2 unspecified atom stereocenters. The number of carboxylic acid groups (broad SMARTS) is 1. The second kappa shape index (κ2) is 10.6. The molecule has 2 rings (SSSR count). The number of rotatable bonds is 10. The van der Waals surface area contributed by atoms with Crippen LogP contribution in [0.1, 0.15) is 44.9 Å². The minimum absolute atomic E-state index is 0.0396. The van der Waals surface area contributed by atoms with E-state index in [2.05, 4.69) is 5.32 Å². The van der Waals surface area contributed by atoms with Gasteiger partial charge in [-0.2, -0.15) is 0 Å². The molecule has 7 nitrogen and oxygen atoms in total. The van der Waals surface area contributed by atoms with Gasteiger partial charge in [0.15, 0.2) is 0 Å². The van der Waals surface area contributed by atoms with E-state index in [0.717, 1.165) is 25.7 Å². The zero-order valence-electron chi connectivity index (χ0n) is 14.9. The van der Waals surface area contributed by atoms with Crippen molar-refractivity contribution in [1.29, 1.82) is 0 Å². The smallest absolute Gasteiger partial charge is 0.324 e. The number of nitrogens with one attached hydrogen (secondary N) is 1. The molecule has 0 aromatic rings. The lowest BCUT2D eigenvalue weighted by Gasteiger charge is -2.28. The van der Waals surface area contributed by atoms with Gasteiger partial charge >= 0.3 is 12.0 Å². The summed E-state index contributed by atoms with van der Waals surface area (Å²) < 4.78 is 0. The second-order valence-corrected chi connectivity index (χ2v) is 7.90. The summed E-state index contributed by atoms with van der Waals surface area (Å²) in [4.78, 5) is 36.0. The van der Waals surface area contributed by atoms with Crippen LogP contribution in [-0.2, 0) is 9.59 Å². The molecule has 8 heteroatoms. The number of thioether (sulfide) groups is 1. The lowest BCUT2D eigenvalue weighted by Crippen LogP contribution is -2.38. The largest absolute Gasteiger partial charge is 0.481 e. The molecule has 3 N–H and O–H groups in total. The Bertz CT molecular complexity index is 534. The van der Waals surface area contributed by atoms with Gasteiger partial charge in [0.1, 0.15) is 6.04 Å². The molecule has 2 aliphatic rings. The first kappa shape index (κ1) is 20.8. The molecule has 0 aromatic carbocycles. The average molecular weight is 384 g/mol. The van der Waals surface area contributed by atoms with Gasteiger partial charge in [-0.05, 0) is 31.6 Å². The minimum Gasteiger partial charge on any atom is -0.481 e. The van der Waals surface area contributed by atoms with Crippen molar-refractivity contribution >= 4 is 29.7 Å². The lowest BCUT2D eigenvalue weighted by molar-refractivity contribution is -0.134. The van der Waals surface area contributed by atoms with Crippen LogP contribution in [0.2, 0.25) is 0 Å². The molecule has 1 aliphatic carbocycles. The zero-order chi connectivity index (χ0) is 18.9. The Morgan fingerprint density at radius 1 is 1.27 bits per heavy atom. The molecule has 1 aliphatic heterocycles. The molecular weight excluding hydrogens is 356 g/mol. The van der Waals surface area contributed by atoms with E-state index in [-0.39, 0.29) is 11.7 Å². The molecule has 0 aromatic heterocycles. The number of aliphatic carboxylic acids is 1. The van der Waals surface area contributed by atoms with Gasteiger partial charge in [-0.15, -0.1) is 11.8 Å². The van der Waals surface area contributed by atoms with Crippen LogP contribution in [0.3, 0.4) is 0 Å². The summed E-state index contributed by atoms with van der Waals surface area (Å²) in [6.45, 7) is 0.363. The molecule has 1 saturated heterocycles. The summed E-state index contributed by atoms with van der Waals surface area (Å²) in [6.07, 6.45) is 9.67. The minimum atomic E-state index is -0.855. The number of nitrogens with zero attached hydrogens (tertiary/aromatic N) is 1. The molecule has 0 bridgehead atoms. The van der Waals surface area contributed by atoms with Gasteiger partial charge in [-0.1, -0.05) is 31.4 Å². The van der Waals surface area contributed by atoms with Crippen molar-refractivity contribution in [2.45, 2.75) is 57.1 Å². The summed E-state index contributed by atoms with van der Waals surface area (Å²) >= 11 is 1.28. The van der Waals surface area contributed by atoms with E-state index in [1.165, 1.54) is 23.1 Å². The molecule has 2 atom stereocenters. The monoisotopic (exact) mass is 384 g/mol. The van der Waals surface area contributed by atoms with Gasteiger partial charge < -0.3 is 15.1 Å². The fourth-order valence-corrected chi connectivity index (χ4v) is 4.13. The number of hydrogen-bond donors (Lipinski definition) is 3. The first-order valence-electron chi connectivity index (χ1n) is 9.23. The number of amides is 3. The number of imide groups is 1. The number of carbonyl (C=O) groups is 3. The normalized spacial score (nSPS) is 22.8. The summed E-state index contributed by atoms with van der Waals surface area (Å²) in [6, 6.07) is -0.953. The molecule has 0 radical (unpaired) electrons. The van der Waals surface area contributed by atoms with E-state index in [0.29, 0.717) is 31.1 Å². The van der Waals surface area contributed by atoms with E-state index < -0.39 is 24.1 Å². The van der Waals surface area contributed by atoms with Crippen molar-refractivity contribution in [1.82, 2.24) is 10.2 Å². The summed E-state index contributed by atoms with van der Waals surface area (Å²) in [7, 11) is 0. The predicted molar refractivity (Wildman–Crippen MR) is 99.9 cm³/mol. The standard InChI is InChI=1S/C18H28N2O5S/c21-15(13-6-2-1-3-7-13)9-10-20-14(17(24)19-18(20)25)8-4-5-11-26-12-16(22)23/h4-5,13-15,21H,1-3,6-12H2,(H,22,23)(H,19,24,25)/b5-4+. The van der Waals surface area contributed by atoms with Gasteiger partial charge in [0.25, 0.3) is 5.91 Å². The fraction of sp³-hybridized carbons (Fsp3) is 0.722. The summed E-state index contributed by atoms with van der Waals surface area (Å²) in [5, 5.41) is 21.3. The van der Waals surface area contributed by atoms with Crippen LogP contribution in [0, 0.1) is 5.92 Å². The number of urea groups is 1. The molecular formula is C18H28N2O5S. The fourth-order valence-electron chi connectivity index (χ4n) is 3.57. The average Bonchev–Trinajstić information content (AvgIpc) is 2.89. The van der Waals surface area contributed by atoms with Gasteiger partial charge in [0.2, 0.25) is 0 Å². The van der Waals surface area contributed by atoms with Crippen LogP contribution < -0.4 is 5.32 Å². The zero-order valence-corrected chi connectivity index (χ0v) is 15.7. The van der Waals surface area contributed by atoms with E-state index in [1.54, 1.807) is 0 Å². The highest BCUT2D eigenvalue weighted by molar-refractivity contribution is 8.00. The Hall–Kier alpha value is -1.54. The molecule has 3 amide bonds. The van der Waals surface area contributed by atoms with Gasteiger partial charge in [0.05, 0.1) is 11.9 Å².